The van der Waals surface area contributed by atoms with E-state index < -0.39 is 0 Å². The molecule has 4 rings (SSSR count). The maximum Gasteiger partial charge on any atom is 0.261 e. The Bertz CT molecular complexity index is 852. The van der Waals surface area contributed by atoms with E-state index in [2.05, 4.69) is 19.7 Å². The van der Waals surface area contributed by atoms with Crippen LogP contribution in [0.1, 0.15) is 25.7 Å². The first kappa shape index (κ1) is 20.3. The first-order valence-corrected chi connectivity index (χ1v) is 11.0. The van der Waals surface area contributed by atoms with Crippen molar-refractivity contribution >= 4 is 16.6 Å². The summed E-state index contributed by atoms with van der Waals surface area (Å²) in [5.74, 6) is 0. The smallest absolute Gasteiger partial charge is 0.261 e. The predicted molar refractivity (Wildman–Crippen MR) is 117 cm³/mol. The van der Waals surface area contributed by atoms with Crippen molar-refractivity contribution in [1.29, 1.82) is 0 Å². The Kier molecular flexibility index (Phi) is 6.79. The van der Waals surface area contributed by atoms with Crippen molar-refractivity contribution in [2.24, 2.45) is 0 Å². The minimum atomic E-state index is -0.0890. The van der Waals surface area contributed by atoms with Gasteiger partial charge in [-0.3, -0.25) is 14.3 Å². The number of rotatable bonds is 6. The predicted octanol–water partition coefficient (Wildman–Crippen LogP) is 1.39. The van der Waals surface area contributed by atoms with Crippen LogP contribution in [0.15, 0.2) is 29.3 Å². The molecule has 2 aromatic rings. The highest BCUT2D eigenvalue weighted by molar-refractivity contribution is 5.81. The summed E-state index contributed by atoms with van der Waals surface area (Å²) in [5.41, 5.74) is 1.77. The molecule has 1 aromatic carbocycles. The summed E-state index contributed by atoms with van der Waals surface area (Å²) in [6, 6.07) is 5.92. The Labute approximate surface area is 172 Å². The number of aliphatic hydroxyl groups excluding tert-OH is 1. The molecule has 2 saturated heterocycles. The van der Waals surface area contributed by atoms with Crippen LogP contribution in [0.3, 0.4) is 0 Å². The molecule has 0 radical (unpaired) electrons. The van der Waals surface area contributed by atoms with Crippen LogP contribution in [-0.4, -0.2) is 83.4 Å². The lowest BCUT2D eigenvalue weighted by Gasteiger charge is -2.37. The molecule has 0 spiro atoms. The van der Waals surface area contributed by atoms with Crippen LogP contribution in [0, 0.1) is 0 Å². The lowest BCUT2D eigenvalue weighted by atomic mass is 10.2. The van der Waals surface area contributed by atoms with Gasteiger partial charge in [-0.2, -0.15) is 0 Å². The molecule has 0 aliphatic carbocycles. The number of nitrogens with zero attached hydrogens (tertiary/aromatic N) is 5. The van der Waals surface area contributed by atoms with Crippen molar-refractivity contribution in [3.63, 3.8) is 0 Å². The van der Waals surface area contributed by atoms with Gasteiger partial charge in [-0.25, -0.2) is 4.98 Å². The van der Waals surface area contributed by atoms with Crippen molar-refractivity contribution in [3.8, 4) is 0 Å². The van der Waals surface area contributed by atoms with Crippen LogP contribution in [0.5, 0.6) is 0 Å². The molecule has 3 heterocycles. The molecule has 0 atom stereocenters. The van der Waals surface area contributed by atoms with Crippen molar-refractivity contribution < 1.29 is 5.11 Å². The largest absolute Gasteiger partial charge is 0.395 e. The number of likely N-dealkylation sites (tertiary alicyclic amines) is 1. The van der Waals surface area contributed by atoms with Gasteiger partial charge in [0.2, 0.25) is 0 Å². The molecule has 158 valence electrons. The van der Waals surface area contributed by atoms with E-state index in [1.807, 2.05) is 18.2 Å². The molecule has 7 nitrogen and oxygen atoms in total. The molecule has 1 N–H and O–H groups in total. The number of fused-ring (bicyclic) bond motifs is 1. The molecule has 2 fully saturated rings. The molecule has 2 aliphatic rings. The average molecular weight is 400 g/mol. The van der Waals surface area contributed by atoms with E-state index in [-0.39, 0.29) is 18.7 Å². The average Bonchev–Trinajstić information content (AvgIpc) is 3.03. The third kappa shape index (κ3) is 4.97. The van der Waals surface area contributed by atoms with Crippen LogP contribution in [0.25, 0.3) is 10.9 Å². The maximum atomic E-state index is 12.5. The Balaban J connectivity index is 1.33. The van der Waals surface area contributed by atoms with Crippen LogP contribution in [-0.2, 0) is 6.54 Å². The van der Waals surface area contributed by atoms with E-state index in [4.69, 9.17) is 5.11 Å². The number of aromatic nitrogens is 2. The second kappa shape index (κ2) is 9.69. The number of aliphatic hydroxyl groups is 1. The van der Waals surface area contributed by atoms with Gasteiger partial charge >= 0.3 is 0 Å². The number of anilines is 1. The third-order valence-electron chi connectivity index (χ3n) is 6.32. The maximum absolute atomic E-state index is 12.5. The Morgan fingerprint density at radius 3 is 2.24 bits per heavy atom. The zero-order valence-electron chi connectivity index (χ0n) is 17.3. The Morgan fingerprint density at radius 1 is 0.862 bits per heavy atom. The molecule has 7 heteroatoms. The molecule has 0 unspecified atom stereocenters. The summed E-state index contributed by atoms with van der Waals surface area (Å²) in [6.07, 6.45) is 7.03. The molecule has 2 aliphatic heterocycles. The van der Waals surface area contributed by atoms with Gasteiger partial charge in [0, 0.05) is 45.0 Å². The topological polar surface area (TPSA) is 64.8 Å². The molecule has 0 bridgehead atoms. The summed E-state index contributed by atoms with van der Waals surface area (Å²) >= 11 is 0. The highest BCUT2D eigenvalue weighted by atomic mass is 16.3. The zero-order valence-corrected chi connectivity index (χ0v) is 17.3. The molecular formula is C22H33N5O2. The standard InChI is InChI=1S/C22H33N5O2/c28-16-15-27-18-23-21-17-19(5-6-20(21)22(27)29)26-13-11-25(12-14-26)10-9-24-7-3-1-2-4-8-24/h5-6,17-18,28H,1-4,7-16H2. The lowest BCUT2D eigenvalue weighted by Crippen LogP contribution is -2.48. The number of hydrogen-bond acceptors (Lipinski definition) is 6. The van der Waals surface area contributed by atoms with Crippen molar-refractivity contribution in [2.75, 3.05) is 63.9 Å². The second-order valence-corrected chi connectivity index (χ2v) is 8.25. The fourth-order valence-corrected chi connectivity index (χ4v) is 4.48. The minimum Gasteiger partial charge on any atom is -0.395 e. The van der Waals surface area contributed by atoms with Gasteiger partial charge in [-0.05, 0) is 44.1 Å². The fourth-order valence-electron chi connectivity index (χ4n) is 4.48. The highest BCUT2D eigenvalue weighted by Crippen LogP contribution is 2.20. The van der Waals surface area contributed by atoms with Crippen molar-refractivity contribution in [1.82, 2.24) is 19.4 Å². The van der Waals surface area contributed by atoms with E-state index in [1.165, 1.54) is 56.2 Å². The normalized spacial score (nSPS) is 19.6. The summed E-state index contributed by atoms with van der Waals surface area (Å²) < 4.78 is 1.46. The summed E-state index contributed by atoms with van der Waals surface area (Å²) in [5, 5.41) is 9.69. The second-order valence-electron chi connectivity index (χ2n) is 8.25. The molecule has 0 amide bonds. The quantitative estimate of drug-likeness (QED) is 0.792. The first-order chi connectivity index (χ1) is 14.2. The number of hydrogen-bond donors (Lipinski definition) is 1. The van der Waals surface area contributed by atoms with Crippen LogP contribution >= 0.6 is 0 Å². The minimum absolute atomic E-state index is 0.0623. The van der Waals surface area contributed by atoms with Gasteiger partial charge in [-0.1, -0.05) is 12.8 Å². The number of piperazine rings is 1. The number of benzene rings is 1. The van der Waals surface area contributed by atoms with Gasteiger partial charge < -0.3 is 14.9 Å². The SMILES string of the molecule is O=c1c2ccc(N3CCN(CCN4CCCCCC4)CC3)cc2ncn1CCO. The molecular weight excluding hydrogens is 366 g/mol. The molecule has 1 aromatic heterocycles. The van der Waals surface area contributed by atoms with Crippen molar-refractivity contribution in [2.45, 2.75) is 32.2 Å². The Morgan fingerprint density at radius 2 is 1.55 bits per heavy atom. The van der Waals surface area contributed by atoms with Gasteiger partial charge in [0.15, 0.2) is 0 Å². The van der Waals surface area contributed by atoms with E-state index in [1.54, 1.807) is 0 Å². The van der Waals surface area contributed by atoms with E-state index in [9.17, 15) is 4.79 Å². The van der Waals surface area contributed by atoms with E-state index in [0.29, 0.717) is 5.39 Å². The van der Waals surface area contributed by atoms with E-state index in [0.717, 1.165) is 43.9 Å². The lowest BCUT2D eigenvalue weighted by molar-refractivity contribution is 0.200. The third-order valence-corrected chi connectivity index (χ3v) is 6.32. The van der Waals surface area contributed by atoms with Gasteiger partial charge in [0.25, 0.3) is 5.56 Å². The van der Waals surface area contributed by atoms with Gasteiger partial charge in [-0.15, -0.1) is 0 Å². The van der Waals surface area contributed by atoms with Crippen molar-refractivity contribution in [3.05, 3.63) is 34.9 Å². The Hall–Kier alpha value is -1.96. The van der Waals surface area contributed by atoms with Gasteiger partial charge in [0.1, 0.15) is 0 Å². The summed E-state index contributed by atoms with van der Waals surface area (Å²) in [4.78, 5) is 24.5. The van der Waals surface area contributed by atoms with Crippen LogP contribution in [0.4, 0.5) is 5.69 Å². The molecule has 0 saturated carbocycles. The first-order valence-electron chi connectivity index (χ1n) is 11.0. The molecule has 29 heavy (non-hydrogen) atoms. The monoisotopic (exact) mass is 399 g/mol. The summed E-state index contributed by atoms with van der Waals surface area (Å²) in [6.45, 7) is 9.29. The van der Waals surface area contributed by atoms with Gasteiger partial charge in [0.05, 0.1) is 30.4 Å². The zero-order chi connectivity index (χ0) is 20.1. The summed E-state index contributed by atoms with van der Waals surface area (Å²) in [7, 11) is 0. The van der Waals surface area contributed by atoms with E-state index >= 15 is 0 Å². The highest BCUT2D eigenvalue weighted by Gasteiger charge is 2.19. The fraction of sp³-hybridized carbons (Fsp3) is 0.636. The van der Waals surface area contributed by atoms with Crippen LogP contribution in [0.2, 0.25) is 0 Å². The van der Waals surface area contributed by atoms with Crippen LogP contribution < -0.4 is 10.5 Å².